The molecule has 104 valence electrons. The molecule has 2 aromatic rings. The third-order valence-corrected chi connectivity index (χ3v) is 4.60. The topological polar surface area (TPSA) is 12.0 Å². The van der Waals surface area contributed by atoms with E-state index in [1.165, 1.54) is 17.5 Å². The van der Waals surface area contributed by atoms with Gasteiger partial charge >= 0.3 is 0 Å². The van der Waals surface area contributed by atoms with Crippen molar-refractivity contribution in [2.24, 2.45) is 11.8 Å². The van der Waals surface area contributed by atoms with Crippen LogP contribution in [0.2, 0.25) is 0 Å². The second kappa shape index (κ2) is 6.23. The Morgan fingerprint density at radius 2 is 1.60 bits per heavy atom. The van der Waals surface area contributed by atoms with Gasteiger partial charge in [0.15, 0.2) is 0 Å². The molecule has 1 aliphatic heterocycles. The first-order valence-electron chi connectivity index (χ1n) is 7.67. The predicted molar refractivity (Wildman–Crippen MR) is 84.6 cm³/mol. The van der Waals surface area contributed by atoms with E-state index in [1.807, 2.05) is 0 Å². The van der Waals surface area contributed by atoms with Crippen LogP contribution in [0.25, 0.3) is 0 Å². The lowest BCUT2D eigenvalue weighted by Gasteiger charge is -2.38. The first kappa shape index (κ1) is 13.4. The molecule has 3 atom stereocenters. The van der Waals surface area contributed by atoms with Gasteiger partial charge in [0.1, 0.15) is 0 Å². The van der Waals surface area contributed by atoms with Crippen LogP contribution < -0.4 is 5.32 Å². The summed E-state index contributed by atoms with van der Waals surface area (Å²) in [6.07, 6.45) is 2.44. The van der Waals surface area contributed by atoms with E-state index in [1.54, 1.807) is 0 Å². The Morgan fingerprint density at radius 1 is 0.950 bits per heavy atom. The van der Waals surface area contributed by atoms with Crippen LogP contribution in [0.1, 0.15) is 30.5 Å². The van der Waals surface area contributed by atoms with Crippen LogP contribution in [-0.2, 0) is 6.42 Å². The second-order valence-corrected chi connectivity index (χ2v) is 5.96. The molecule has 0 spiro atoms. The Balaban J connectivity index is 1.84. The van der Waals surface area contributed by atoms with Gasteiger partial charge in [0.05, 0.1) is 0 Å². The van der Waals surface area contributed by atoms with Crippen LogP contribution in [0.15, 0.2) is 60.7 Å². The fraction of sp³-hybridized carbons (Fsp3) is 0.368. The molecule has 1 N–H and O–H groups in total. The maximum atomic E-state index is 3.74. The van der Waals surface area contributed by atoms with Gasteiger partial charge in [0, 0.05) is 6.04 Å². The first-order chi connectivity index (χ1) is 9.84. The van der Waals surface area contributed by atoms with Crippen molar-refractivity contribution in [3.8, 4) is 0 Å². The van der Waals surface area contributed by atoms with Crippen molar-refractivity contribution in [2.75, 3.05) is 6.54 Å². The van der Waals surface area contributed by atoms with Crippen molar-refractivity contribution in [3.05, 3.63) is 71.8 Å². The molecule has 1 fully saturated rings. The highest BCUT2D eigenvalue weighted by molar-refractivity contribution is 5.23. The van der Waals surface area contributed by atoms with Crippen molar-refractivity contribution in [1.29, 1.82) is 0 Å². The molecular formula is C19H23N. The van der Waals surface area contributed by atoms with Crippen LogP contribution in [0.3, 0.4) is 0 Å². The van der Waals surface area contributed by atoms with Crippen molar-refractivity contribution in [1.82, 2.24) is 5.32 Å². The summed E-state index contributed by atoms with van der Waals surface area (Å²) in [7, 11) is 0. The molecule has 0 aliphatic carbocycles. The van der Waals surface area contributed by atoms with Crippen molar-refractivity contribution < 1.29 is 0 Å². The van der Waals surface area contributed by atoms with Gasteiger partial charge in [-0.3, -0.25) is 0 Å². The smallest absolute Gasteiger partial charge is 0.0354 e. The number of benzene rings is 2. The average molecular weight is 265 g/mol. The number of hydrogen-bond acceptors (Lipinski definition) is 1. The van der Waals surface area contributed by atoms with E-state index in [-0.39, 0.29) is 0 Å². The van der Waals surface area contributed by atoms with E-state index in [2.05, 4.69) is 72.9 Å². The summed E-state index contributed by atoms with van der Waals surface area (Å²) in [6, 6.07) is 22.3. The molecule has 3 rings (SSSR count). The molecule has 20 heavy (non-hydrogen) atoms. The molecule has 0 aromatic heterocycles. The minimum absolute atomic E-state index is 0.486. The zero-order valence-corrected chi connectivity index (χ0v) is 12.1. The van der Waals surface area contributed by atoms with Gasteiger partial charge in [-0.1, -0.05) is 67.6 Å². The molecule has 1 nitrogen and oxygen atoms in total. The maximum absolute atomic E-state index is 3.74. The van der Waals surface area contributed by atoms with Crippen molar-refractivity contribution in [3.63, 3.8) is 0 Å². The summed E-state index contributed by atoms with van der Waals surface area (Å²) in [5.41, 5.74) is 2.88. The fourth-order valence-corrected chi connectivity index (χ4v) is 3.39. The third-order valence-electron chi connectivity index (χ3n) is 4.60. The van der Waals surface area contributed by atoms with E-state index in [0.29, 0.717) is 12.0 Å². The number of piperidine rings is 1. The standard InChI is InChI=1S/C19H23N/c1-15-12-13-20-19(17-10-6-3-7-11-17)18(15)14-16-8-4-2-5-9-16/h2-11,15,18-20H,12-14H2,1H3/t15-,18+,19+/m0/s1. The van der Waals surface area contributed by atoms with Crippen LogP contribution in [-0.4, -0.2) is 6.54 Å². The van der Waals surface area contributed by atoms with Gasteiger partial charge in [-0.15, -0.1) is 0 Å². The Hall–Kier alpha value is -1.60. The normalized spacial score (nSPS) is 26.4. The predicted octanol–water partition coefficient (Wildman–Crippen LogP) is 4.22. The summed E-state index contributed by atoms with van der Waals surface area (Å²) in [4.78, 5) is 0. The third kappa shape index (κ3) is 2.94. The molecule has 0 bridgehead atoms. The van der Waals surface area contributed by atoms with Gasteiger partial charge < -0.3 is 5.32 Å². The van der Waals surface area contributed by atoms with Crippen molar-refractivity contribution >= 4 is 0 Å². The van der Waals surface area contributed by atoms with E-state index >= 15 is 0 Å². The quantitative estimate of drug-likeness (QED) is 0.876. The molecule has 1 heteroatoms. The molecule has 2 aromatic carbocycles. The summed E-state index contributed by atoms with van der Waals surface area (Å²) >= 11 is 0. The van der Waals surface area contributed by atoms with Crippen LogP contribution >= 0.6 is 0 Å². The number of rotatable bonds is 3. The Bertz CT molecular complexity index is 520. The Morgan fingerprint density at radius 3 is 2.30 bits per heavy atom. The second-order valence-electron chi connectivity index (χ2n) is 5.96. The van der Waals surface area contributed by atoms with Gasteiger partial charge in [-0.2, -0.15) is 0 Å². The molecule has 0 saturated carbocycles. The lowest BCUT2D eigenvalue weighted by molar-refractivity contribution is 0.202. The highest BCUT2D eigenvalue weighted by atomic mass is 14.9. The molecule has 1 aliphatic rings. The van der Waals surface area contributed by atoms with E-state index < -0.39 is 0 Å². The largest absolute Gasteiger partial charge is 0.310 e. The summed E-state index contributed by atoms with van der Waals surface area (Å²) in [6.45, 7) is 3.54. The molecule has 1 heterocycles. The Labute approximate surface area is 122 Å². The number of nitrogens with one attached hydrogen (secondary N) is 1. The summed E-state index contributed by atoms with van der Waals surface area (Å²) in [5.74, 6) is 1.44. The minimum atomic E-state index is 0.486. The highest BCUT2D eigenvalue weighted by Gasteiger charge is 2.31. The van der Waals surface area contributed by atoms with E-state index in [4.69, 9.17) is 0 Å². The lowest BCUT2D eigenvalue weighted by atomic mass is 9.76. The van der Waals surface area contributed by atoms with E-state index in [0.717, 1.165) is 18.9 Å². The Kier molecular flexibility index (Phi) is 4.17. The zero-order chi connectivity index (χ0) is 13.8. The van der Waals surface area contributed by atoms with Gasteiger partial charge in [-0.25, -0.2) is 0 Å². The molecule has 0 radical (unpaired) electrons. The SMILES string of the molecule is C[C@H]1CCN[C@H](c2ccccc2)[C@@H]1Cc1ccccc1. The molecular weight excluding hydrogens is 242 g/mol. The number of hydrogen-bond donors (Lipinski definition) is 1. The lowest BCUT2D eigenvalue weighted by Crippen LogP contribution is -2.40. The maximum Gasteiger partial charge on any atom is 0.0354 e. The molecule has 0 amide bonds. The minimum Gasteiger partial charge on any atom is -0.310 e. The van der Waals surface area contributed by atoms with Crippen LogP contribution in [0.4, 0.5) is 0 Å². The first-order valence-corrected chi connectivity index (χ1v) is 7.67. The van der Waals surface area contributed by atoms with E-state index in [9.17, 15) is 0 Å². The highest BCUT2D eigenvalue weighted by Crippen LogP contribution is 2.35. The van der Waals surface area contributed by atoms with Crippen molar-refractivity contribution in [2.45, 2.75) is 25.8 Å². The zero-order valence-electron chi connectivity index (χ0n) is 12.1. The fourth-order valence-electron chi connectivity index (χ4n) is 3.39. The van der Waals surface area contributed by atoms with Gasteiger partial charge in [0.25, 0.3) is 0 Å². The molecule has 0 unspecified atom stereocenters. The monoisotopic (exact) mass is 265 g/mol. The average Bonchev–Trinajstić information content (AvgIpc) is 2.51. The summed E-state index contributed by atoms with van der Waals surface area (Å²) < 4.78 is 0. The summed E-state index contributed by atoms with van der Waals surface area (Å²) in [5, 5.41) is 3.74. The van der Waals surface area contributed by atoms with Crippen LogP contribution in [0.5, 0.6) is 0 Å². The van der Waals surface area contributed by atoms with Gasteiger partial charge in [0.2, 0.25) is 0 Å². The molecule has 1 saturated heterocycles. The van der Waals surface area contributed by atoms with Crippen LogP contribution in [0, 0.1) is 11.8 Å². The van der Waals surface area contributed by atoms with Gasteiger partial charge in [-0.05, 0) is 42.3 Å².